The fourth-order valence-corrected chi connectivity index (χ4v) is 16.5. The lowest BCUT2D eigenvalue weighted by Gasteiger charge is -2.28. The van der Waals surface area contributed by atoms with Gasteiger partial charge < -0.3 is 62.8 Å². The van der Waals surface area contributed by atoms with Gasteiger partial charge in [0, 0.05) is 89.1 Å². The van der Waals surface area contributed by atoms with E-state index in [1.807, 2.05) is 121 Å². The number of ether oxygens (including phenoxy) is 5. The largest absolute Gasteiger partial charge is 0.468 e. The first-order valence-corrected chi connectivity index (χ1v) is 42.4. The molecule has 0 aliphatic carbocycles. The van der Waals surface area contributed by atoms with Crippen LogP contribution < -0.4 is 62.6 Å². The Hall–Kier alpha value is -11.1. The molecule has 6 aromatic carbocycles. The van der Waals surface area contributed by atoms with E-state index in [0.717, 1.165) is 86.3 Å². The molecule has 14 atom stereocenters. The van der Waals surface area contributed by atoms with Gasteiger partial charge in [-0.1, -0.05) is 142 Å². The number of allylic oxidation sites excluding steroid dienone is 1. The van der Waals surface area contributed by atoms with Gasteiger partial charge in [0.1, 0.15) is 59.8 Å². The molecule has 0 radical (unpaired) electrons. The number of halogens is 1. The Kier molecular flexibility index (Phi) is 35.0. The first kappa shape index (κ1) is 96.1. The molecule has 3 aliphatic heterocycles. The molecule has 40 heteroatoms. The van der Waals surface area contributed by atoms with Gasteiger partial charge >= 0.3 is 57.1 Å². The van der Waals surface area contributed by atoms with E-state index < -0.39 is 142 Å². The lowest BCUT2D eigenvalue weighted by Crippen LogP contribution is -2.47. The number of fused-ring (bicyclic) bond motifs is 3. The summed E-state index contributed by atoms with van der Waals surface area (Å²) in [7, 11) is -3.98. The number of aromatic nitrogens is 6. The first-order chi connectivity index (χ1) is 56.8. The molecule has 6 heterocycles. The van der Waals surface area contributed by atoms with E-state index >= 15 is 0 Å². The van der Waals surface area contributed by atoms with Gasteiger partial charge in [-0.3, -0.25) is 71.5 Å². The number of benzene rings is 6. The third kappa shape index (κ3) is 25.3. The van der Waals surface area contributed by atoms with E-state index in [-0.39, 0.29) is 28.7 Å². The second-order valence-electron chi connectivity index (χ2n) is 27.0. The van der Waals surface area contributed by atoms with Crippen LogP contribution >= 0.6 is 33.4 Å². The number of H-pyrrole nitrogens is 3. The lowest BCUT2D eigenvalue weighted by molar-refractivity contribution is -0.143. The minimum atomic E-state index is -4.39. The van der Waals surface area contributed by atoms with Crippen LogP contribution in [0, 0.1) is 0 Å². The van der Waals surface area contributed by atoms with Crippen molar-refractivity contribution in [2.45, 2.75) is 133 Å². The monoisotopic (exact) mass is 1740 g/mol. The fraction of sp³-hybridized carbons (Fsp3) is 0.325. The van der Waals surface area contributed by atoms with Crippen LogP contribution in [0.2, 0.25) is 0 Å². The third-order valence-corrected chi connectivity index (χ3v) is 23.6. The number of aliphatic imine (C=N–C) groups is 1. The molecule has 0 bridgehead atoms. The van der Waals surface area contributed by atoms with Crippen molar-refractivity contribution in [1.82, 2.24) is 43.9 Å². The summed E-state index contributed by atoms with van der Waals surface area (Å²) >= 11 is 5.88. The van der Waals surface area contributed by atoms with Gasteiger partial charge in [0.05, 0.1) is 40.2 Å². The molecule has 36 nitrogen and oxygen atoms in total. The van der Waals surface area contributed by atoms with Gasteiger partial charge in [0.15, 0.2) is 23.7 Å². The maximum atomic E-state index is 14.0. The van der Waals surface area contributed by atoms with E-state index in [4.69, 9.17) is 48.7 Å². The minimum Gasteiger partial charge on any atom is -0.468 e. The number of hydrogen-bond acceptors (Lipinski definition) is 27. The summed E-state index contributed by atoms with van der Waals surface area (Å²) in [4.78, 5) is 113. The number of nitrogens with one attached hydrogen (secondary N) is 6. The zero-order chi connectivity index (χ0) is 88.5. The van der Waals surface area contributed by atoms with Gasteiger partial charge in [-0.2, -0.15) is 5.09 Å². The Balaban J connectivity index is 0.000000214. The van der Waals surface area contributed by atoms with Gasteiger partial charge in [0.2, 0.25) is 0 Å². The second kappa shape index (κ2) is 43.8. The molecule has 2 saturated heterocycles. The highest BCUT2D eigenvalue weighted by atomic mass is 35.7. The Labute approximate surface area is 691 Å². The minimum absolute atomic E-state index is 0.0827. The van der Waals surface area contributed by atoms with E-state index in [1.165, 1.54) is 44.9 Å². The molecule has 3 aromatic heterocycles. The molecule has 0 amide bonds. The summed E-state index contributed by atoms with van der Waals surface area (Å²) < 4.78 is 90.4. The third-order valence-electron chi connectivity index (χ3n) is 17.8. The zero-order valence-electron chi connectivity index (χ0n) is 66.7. The molecular weight excluding hydrogens is 1650 g/mol. The second-order valence-corrected chi connectivity index (χ2v) is 34.1. The summed E-state index contributed by atoms with van der Waals surface area (Å²) in [6, 6.07) is 39.2. The van der Waals surface area contributed by atoms with Crippen LogP contribution in [0.15, 0.2) is 247 Å². The molecule has 3 aliphatic rings. The molecule has 9 aromatic rings. The van der Waals surface area contributed by atoms with Crippen molar-refractivity contribution in [3.05, 3.63) is 276 Å². The molecule has 2 fully saturated rings. The molecule has 0 spiro atoms. The zero-order valence-corrected chi connectivity index (χ0v) is 70.1. The maximum Gasteiger partial charge on any atom is 0.459 e. The Bertz CT molecular complexity index is 5760. The van der Waals surface area contributed by atoms with Gasteiger partial charge in [-0.05, 0) is 81.1 Å². The van der Waals surface area contributed by atoms with Crippen LogP contribution in [0.5, 0.6) is 17.2 Å². The van der Waals surface area contributed by atoms with Crippen molar-refractivity contribution in [2.75, 3.05) is 34.5 Å². The van der Waals surface area contributed by atoms with E-state index in [1.54, 1.807) is 69.4 Å². The van der Waals surface area contributed by atoms with Crippen molar-refractivity contribution in [3.8, 4) is 17.2 Å². The summed E-state index contributed by atoms with van der Waals surface area (Å²) in [5, 5.41) is 64.6. The van der Waals surface area contributed by atoms with Crippen molar-refractivity contribution in [2.24, 2.45) is 4.99 Å². The molecule has 12 rings (SSSR count). The summed E-state index contributed by atoms with van der Waals surface area (Å²) in [6.07, 6.45) is 3.92. The van der Waals surface area contributed by atoms with Crippen LogP contribution in [-0.2, 0) is 56.3 Å². The number of aliphatic hydroxyl groups is 5. The number of aromatic amines is 3. The predicted molar refractivity (Wildman–Crippen MR) is 448 cm³/mol. The van der Waals surface area contributed by atoms with Gasteiger partial charge in [-0.25, -0.2) is 33.7 Å². The summed E-state index contributed by atoms with van der Waals surface area (Å²) in [5.41, 5.74) is -3.59. The Morgan fingerprint density at radius 2 is 0.958 bits per heavy atom. The first-order valence-electron chi connectivity index (χ1n) is 36.7. The summed E-state index contributed by atoms with van der Waals surface area (Å²) in [6.45, 7) is 13.6. The number of rotatable bonds is 25. The maximum absolute atomic E-state index is 14.0. The van der Waals surface area contributed by atoms with Crippen LogP contribution in [0.1, 0.15) is 73.4 Å². The number of carbonyl (C=O) groups is 3. The van der Waals surface area contributed by atoms with Crippen LogP contribution in [0.25, 0.3) is 32.3 Å². The Morgan fingerprint density at radius 1 is 0.567 bits per heavy atom. The quantitative estimate of drug-likeness (QED) is 0.0112. The molecule has 0 saturated carbocycles. The molecule has 642 valence electrons. The van der Waals surface area contributed by atoms with E-state index in [9.17, 15) is 77.3 Å². The number of hydrogen-bond donors (Lipinski definition) is 11. The van der Waals surface area contributed by atoms with Gasteiger partial charge in [0.25, 0.3) is 16.7 Å². The lowest BCUT2D eigenvalue weighted by atomic mass is 9.94. The van der Waals surface area contributed by atoms with Crippen LogP contribution in [0.4, 0.5) is 0 Å². The van der Waals surface area contributed by atoms with Crippen LogP contribution in [-0.4, -0.2) is 172 Å². The SMILES string of the molecule is C1=CN=CC1.C=C=C[C@@]1(O)C(O)[C@@H](CO)O[C@H]1n1ccc(=O)[nH]c1=O.C=C=C[C@@]1(O)C(O)[C@@H](COP(=O)(N[C@@H](C)C(=O)OC)Oc2cccc3ccccc23)O[C@H]1n1ccc(=O)[nH]c1=O.CC(C)n1ccc(=O)[nH]c1=O.COC(=O)[C@H](C)NP(=O)(Cl)Oc1cccc2ccccc12.COC(=O)[C@H](C)NP(=O)(Oc1cccc2ccccc12)C(C)C. The van der Waals surface area contributed by atoms with Crippen molar-refractivity contribution in [3.63, 3.8) is 0 Å². The van der Waals surface area contributed by atoms with Crippen molar-refractivity contribution in [1.29, 1.82) is 0 Å². The standard InChI is InChI=1S/C26H28N3O10P.C17H22NO4P.C14H15ClNO4P.C12H14N2O6.C7H10N2O2.C4H5N/c1-4-13-26(34)22(31)20(38-24(26)29-14-12-21(30)27-25(29)33)15-37-40(35,28-16(2)23(32)36-3)39-19-11-7-9-17-8-5-6-10-18(17)19;1-12(2)23(20,18-13(3)17(19)21-4)22-16-11-7-9-14-8-5-6-10-15(14)16;1-10(14(17)19-2)16-21(15,18)20-13-9-5-7-11-6-3-4-8-12(11)13;1-2-4-12(19)9(17)7(6-15)20-10(12)14-5-3-8(16)13-11(14)18;1-5(2)9-4-3-6(10)8-7(9)11;1-2-4-5-3-1/h5-14,16,20,22,24,31,34H,1,15H2,2-3H3,(H,28,35)(H,27,30,33);5-13H,1-4H3,(H,18,20);3-10H,1-2H3,(H,16,18);3-5,7,9-10,15,17,19H,1,6H2,(H,13,16,18);3-5H,1-2H3,(H,8,10,11);1,3-4H,2H2/t16-,20+,22?,24+,26+,40?;13-,23?;10-,21?;7-,9?,10-,12-;;/m0001../s1. The molecule has 11 N–H and O–H groups in total. The van der Waals surface area contributed by atoms with E-state index in [2.05, 4.69) is 59.3 Å². The summed E-state index contributed by atoms with van der Waals surface area (Å²) in [5.74, 6) is -0.696. The fourth-order valence-electron chi connectivity index (χ4n) is 11.7. The van der Waals surface area contributed by atoms with Gasteiger partial charge in [-0.15, -0.1) is 11.5 Å². The highest BCUT2D eigenvalue weighted by molar-refractivity contribution is 7.84. The number of methoxy groups -OCH3 is 3. The van der Waals surface area contributed by atoms with Crippen LogP contribution in [0.3, 0.4) is 0 Å². The normalized spacial score (nSPS) is 20.9. The molecule has 120 heavy (non-hydrogen) atoms. The predicted octanol–water partition coefficient (Wildman–Crippen LogP) is 8.01. The molecular formula is C80H94ClN10O26P3. The van der Waals surface area contributed by atoms with Crippen molar-refractivity contribution >= 4 is 89.8 Å². The van der Waals surface area contributed by atoms with E-state index in [0.29, 0.717) is 16.9 Å². The average Bonchev–Trinajstić information content (AvgIpc) is 1.61. The van der Waals surface area contributed by atoms with Crippen molar-refractivity contribution < 1.29 is 95.4 Å². The molecule has 5 unspecified atom stereocenters. The topological polar surface area (TPSA) is 500 Å². The average molecular weight is 1740 g/mol. The Morgan fingerprint density at radius 3 is 1.34 bits per heavy atom. The highest BCUT2D eigenvalue weighted by Gasteiger charge is 2.57. The number of esters is 3. The number of carbonyl (C=O) groups excluding carboxylic acids is 3. The number of aliphatic hydroxyl groups excluding tert-OH is 3. The highest BCUT2D eigenvalue weighted by Crippen LogP contribution is 2.52. The smallest absolute Gasteiger partial charge is 0.459 e. The number of nitrogens with zero attached hydrogens (tertiary/aromatic N) is 4.